The molecular formula is C33H30N6O2S. The van der Waals surface area contributed by atoms with E-state index in [1.54, 1.807) is 30.8 Å². The van der Waals surface area contributed by atoms with Gasteiger partial charge in [-0.15, -0.1) is 11.3 Å². The molecule has 4 heterocycles. The quantitative estimate of drug-likeness (QED) is 0.170. The van der Waals surface area contributed by atoms with Crippen LogP contribution in [0.25, 0.3) is 38.2 Å². The number of thiophene rings is 1. The van der Waals surface area contributed by atoms with Crippen molar-refractivity contribution in [3.05, 3.63) is 108 Å². The normalized spacial score (nSPS) is 11.5. The Bertz CT molecular complexity index is 1930. The zero-order valence-corrected chi connectivity index (χ0v) is 24.1. The molecule has 9 heteroatoms. The number of nitrogens with zero attached hydrogens (tertiary/aromatic N) is 3. The summed E-state index contributed by atoms with van der Waals surface area (Å²) in [7, 11) is 3.48. The van der Waals surface area contributed by atoms with Crippen LogP contribution < -0.4 is 21.1 Å². The Morgan fingerprint density at radius 2 is 1.95 bits per heavy atom. The smallest absolute Gasteiger partial charge is 0.272 e. The van der Waals surface area contributed by atoms with Crippen LogP contribution >= 0.6 is 11.3 Å². The highest BCUT2D eigenvalue weighted by Gasteiger charge is 2.18. The molecule has 0 aliphatic carbocycles. The van der Waals surface area contributed by atoms with Gasteiger partial charge in [-0.25, -0.2) is 4.98 Å². The molecule has 0 fully saturated rings. The second kappa shape index (κ2) is 11.9. The van der Waals surface area contributed by atoms with Gasteiger partial charge in [0.2, 0.25) is 0 Å². The van der Waals surface area contributed by atoms with E-state index in [-0.39, 0.29) is 5.91 Å². The summed E-state index contributed by atoms with van der Waals surface area (Å²) < 4.78 is 8.65. The zero-order chi connectivity index (χ0) is 29.1. The van der Waals surface area contributed by atoms with Gasteiger partial charge in [0, 0.05) is 64.6 Å². The number of aryl methyl sites for hydroxylation is 1. The third-order valence-corrected chi connectivity index (χ3v) is 8.22. The van der Waals surface area contributed by atoms with Crippen molar-refractivity contribution in [2.24, 2.45) is 7.05 Å². The maximum absolute atomic E-state index is 13.2. The summed E-state index contributed by atoms with van der Waals surface area (Å²) in [5, 5.41) is 10.4. The van der Waals surface area contributed by atoms with E-state index in [1.165, 1.54) is 0 Å². The standard InChI is InChI=1S/C33H30N6O2S/c1-39-27-11-4-3-8-22(27)16-28(39)33(40)38-26-13-12-21(17-29(26)41-2)25-20-42-31-23(18-37-32(34)30(25)31)9-7-14-35-19-24-10-5-6-15-36-24/h3-13,15-18,20,35H,14,19H2,1-2H3,(H2,34,37)(H,38,40)/b9-7+. The number of para-hydroxylation sites is 1. The lowest BCUT2D eigenvalue weighted by atomic mass is 10.0. The van der Waals surface area contributed by atoms with Crippen LogP contribution in [-0.2, 0) is 13.6 Å². The number of methoxy groups -OCH3 is 1. The van der Waals surface area contributed by atoms with Gasteiger partial charge in [-0.1, -0.05) is 42.5 Å². The minimum atomic E-state index is -0.208. The minimum Gasteiger partial charge on any atom is -0.495 e. The van der Waals surface area contributed by atoms with Crippen molar-refractivity contribution in [2.45, 2.75) is 6.54 Å². The number of nitrogen functional groups attached to an aromatic ring is 1. The molecule has 210 valence electrons. The van der Waals surface area contributed by atoms with Crippen LogP contribution in [0.15, 0.2) is 90.6 Å². The minimum absolute atomic E-state index is 0.208. The number of hydrogen-bond acceptors (Lipinski definition) is 7. The Balaban J connectivity index is 1.23. The first-order valence-corrected chi connectivity index (χ1v) is 14.4. The van der Waals surface area contributed by atoms with Crippen LogP contribution in [0.4, 0.5) is 11.5 Å². The topological polar surface area (TPSA) is 107 Å². The highest BCUT2D eigenvalue weighted by molar-refractivity contribution is 7.18. The van der Waals surface area contributed by atoms with E-state index in [1.807, 2.05) is 78.3 Å². The molecule has 0 saturated heterocycles. The lowest BCUT2D eigenvalue weighted by Gasteiger charge is -2.13. The van der Waals surface area contributed by atoms with E-state index in [0.717, 1.165) is 43.4 Å². The predicted octanol–water partition coefficient (Wildman–Crippen LogP) is 6.50. The van der Waals surface area contributed by atoms with Crippen molar-refractivity contribution in [1.29, 1.82) is 0 Å². The second-order valence-electron chi connectivity index (χ2n) is 9.82. The van der Waals surface area contributed by atoms with E-state index < -0.39 is 0 Å². The Hall–Kier alpha value is -4.99. The van der Waals surface area contributed by atoms with Crippen molar-refractivity contribution < 1.29 is 9.53 Å². The van der Waals surface area contributed by atoms with Crippen molar-refractivity contribution in [3.8, 4) is 16.9 Å². The van der Waals surface area contributed by atoms with Crippen molar-refractivity contribution in [2.75, 3.05) is 24.7 Å². The van der Waals surface area contributed by atoms with Gasteiger partial charge in [0.05, 0.1) is 18.5 Å². The van der Waals surface area contributed by atoms with Crippen LogP contribution in [0.1, 0.15) is 21.7 Å². The average molecular weight is 575 g/mol. The van der Waals surface area contributed by atoms with Crippen molar-refractivity contribution in [1.82, 2.24) is 19.9 Å². The fraction of sp³-hybridized carbons (Fsp3) is 0.121. The molecule has 0 aliphatic heterocycles. The number of amides is 1. The Morgan fingerprint density at radius 3 is 2.76 bits per heavy atom. The highest BCUT2D eigenvalue weighted by Crippen LogP contribution is 2.41. The fourth-order valence-corrected chi connectivity index (χ4v) is 6.12. The molecule has 4 N–H and O–H groups in total. The third-order valence-electron chi connectivity index (χ3n) is 7.19. The summed E-state index contributed by atoms with van der Waals surface area (Å²) in [6, 6.07) is 21.4. The predicted molar refractivity (Wildman–Crippen MR) is 172 cm³/mol. The molecule has 0 bridgehead atoms. The van der Waals surface area contributed by atoms with Crippen LogP contribution in [0.3, 0.4) is 0 Å². The molecule has 0 spiro atoms. The molecule has 8 nitrogen and oxygen atoms in total. The van der Waals surface area contributed by atoms with E-state index in [9.17, 15) is 4.79 Å². The van der Waals surface area contributed by atoms with Gasteiger partial charge in [0.25, 0.3) is 5.91 Å². The molecule has 6 rings (SSSR count). The average Bonchev–Trinajstić information content (AvgIpc) is 3.61. The number of fused-ring (bicyclic) bond motifs is 2. The van der Waals surface area contributed by atoms with Gasteiger partial charge in [-0.05, 0) is 47.3 Å². The number of benzene rings is 2. The van der Waals surface area contributed by atoms with Gasteiger partial charge in [-0.3, -0.25) is 9.78 Å². The molecule has 0 unspecified atom stereocenters. The molecule has 4 aromatic heterocycles. The molecular weight excluding hydrogens is 544 g/mol. The van der Waals surface area contributed by atoms with Gasteiger partial charge < -0.3 is 25.7 Å². The number of pyridine rings is 2. The number of carbonyl (C=O) groups excluding carboxylic acids is 1. The molecule has 1 amide bonds. The van der Waals surface area contributed by atoms with Gasteiger partial charge >= 0.3 is 0 Å². The summed E-state index contributed by atoms with van der Waals surface area (Å²) in [6.07, 6.45) is 7.74. The van der Waals surface area contributed by atoms with Gasteiger partial charge in [-0.2, -0.15) is 0 Å². The number of anilines is 2. The lowest BCUT2D eigenvalue weighted by molar-refractivity contribution is 0.101. The van der Waals surface area contributed by atoms with Gasteiger partial charge in [0.1, 0.15) is 17.3 Å². The number of nitrogens with one attached hydrogen (secondary N) is 2. The van der Waals surface area contributed by atoms with E-state index in [0.29, 0.717) is 36.0 Å². The van der Waals surface area contributed by atoms with Crippen LogP contribution in [0.5, 0.6) is 5.75 Å². The monoisotopic (exact) mass is 574 g/mol. The van der Waals surface area contributed by atoms with E-state index in [2.05, 4.69) is 38.1 Å². The molecule has 0 radical (unpaired) electrons. The fourth-order valence-electron chi connectivity index (χ4n) is 5.05. The van der Waals surface area contributed by atoms with Crippen molar-refractivity contribution >= 4 is 55.8 Å². The third kappa shape index (κ3) is 5.35. The number of aromatic nitrogens is 3. The van der Waals surface area contributed by atoms with Crippen LogP contribution in [0.2, 0.25) is 0 Å². The number of carbonyl (C=O) groups is 1. The summed E-state index contributed by atoms with van der Waals surface area (Å²) >= 11 is 1.62. The van der Waals surface area contributed by atoms with Crippen molar-refractivity contribution in [3.63, 3.8) is 0 Å². The lowest BCUT2D eigenvalue weighted by Crippen LogP contribution is -2.16. The molecule has 6 aromatic rings. The first-order chi connectivity index (χ1) is 20.5. The van der Waals surface area contributed by atoms with Gasteiger partial charge in [0.15, 0.2) is 0 Å². The maximum atomic E-state index is 13.2. The number of hydrogen-bond donors (Lipinski definition) is 3. The Kier molecular flexibility index (Phi) is 7.68. The first-order valence-electron chi connectivity index (χ1n) is 13.5. The number of nitrogens with two attached hydrogens (primary N) is 1. The van der Waals surface area contributed by atoms with E-state index >= 15 is 0 Å². The largest absolute Gasteiger partial charge is 0.495 e. The Labute approximate surface area is 247 Å². The summed E-state index contributed by atoms with van der Waals surface area (Å²) in [5.41, 5.74) is 12.4. The SMILES string of the molecule is COc1cc(-c2csc3c(/C=C/CNCc4ccccn4)cnc(N)c23)ccc1NC(=O)c1cc2ccccc2n1C. The summed E-state index contributed by atoms with van der Waals surface area (Å²) in [6.45, 7) is 1.40. The summed E-state index contributed by atoms with van der Waals surface area (Å²) in [5.74, 6) is 0.819. The number of rotatable bonds is 9. The first kappa shape index (κ1) is 27.2. The maximum Gasteiger partial charge on any atom is 0.272 e. The zero-order valence-electron chi connectivity index (χ0n) is 23.3. The van der Waals surface area contributed by atoms with Crippen LogP contribution in [0, 0.1) is 0 Å². The summed E-state index contributed by atoms with van der Waals surface area (Å²) in [4.78, 5) is 22.0. The molecule has 2 aromatic carbocycles. The molecule has 0 saturated carbocycles. The molecule has 0 atom stereocenters. The molecule has 0 aliphatic rings. The van der Waals surface area contributed by atoms with Crippen LogP contribution in [-0.4, -0.2) is 34.1 Å². The second-order valence-corrected chi connectivity index (χ2v) is 10.7. The Morgan fingerprint density at radius 1 is 1.10 bits per heavy atom. The molecule has 42 heavy (non-hydrogen) atoms. The van der Waals surface area contributed by atoms with E-state index in [4.69, 9.17) is 10.5 Å². The highest BCUT2D eigenvalue weighted by atomic mass is 32.1. The number of ether oxygens (including phenoxy) is 1.